The Bertz CT molecular complexity index is 1020. The molecule has 1 N–H and O–H groups in total. The predicted molar refractivity (Wildman–Crippen MR) is 135 cm³/mol. The molecule has 0 heterocycles. The van der Waals surface area contributed by atoms with Gasteiger partial charge in [-0.25, -0.2) is 0 Å². The fourth-order valence-corrected chi connectivity index (χ4v) is 3.40. The molecule has 6 heteroatoms. The number of amides is 1. The highest BCUT2D eigenvalue weighted by Gasteiger charge is 2.37. The Labute approximate surface area is 202 Å². The van der Waals surface area contributed by atoms with Crippen LogP contribution < -0.4 is 14.8 Å². The van der Waals surface area contributed by atoms with Crippen molar-refractivity contribution in [1.29, 1.82) is 0 Å². The van der Waals surface area contributed by atoms with Crippen molar-refractivity contribution >= 4 is 18.5 Å². The summed E-state index contributed by atoms with van der Waals surface area (Å²) < 4.78 is 16.8. The maximum atomic E-state index is 13.0. The van der Waals surface area contributed by atoms with E-state index in [9.17, 15) is 4.79 Å². The zero-order valence-electron chi connectivity index (χ0n) is 19.4. The van der Waals surface area contributed by atoms with Gasteiger partial charge in [0.2, 0.25) is 4.93 Å². The second-order valence-electron chi connectivity index (χ2n) is 7.17. The molecule has 0 saturated carbocycles. The van der Waals surface area contributed by atoms with Crippen molar-refractivity contribution in [1.82, 2.24) is 5.32 Å². The summed E-state index contributed by atoms with van der Waals surface area (Å²) in [5.41, 5.74) is 2.77. The molecule has 0 radical (unpaired) electrons. The third-order valence-electron chi connectivity index (χ3n) is 4.95. The molecule has 0 aliphatic heterocycles. The molecule has 0 bridgehead atoms. The first-order valence-electron chi connectivity index (χ1n) is 10.9. The second-order valence-corrected chi connectivity index (χ2v) is 7.80. The number of methoxy groups -OCH3 is 1. The van der Waals surface area contributed by atoms with Gasteiger partial charge in [-0.2, -0.15) is 0 Å². The summed E-state index contributed by atoms with van der Waals surface area (Å²) in [7, 11) is 1.59. The summed E-state index contributed by atoms with van der Waals surface area (Å²) in [6, 6.07) is 13.3. The van der Waals surface area contributed by atoms with E-state index in [1.165, 1.54) is 0 Å². The Hall–Kier alpha value is -3.06. The van der Waals surface area contributed by atoms with Gasteiger partial charge in [-0.1, -0.05) is 56.0 Å². The average Bonchev–Trinajstić information content (AvgIpc) is 2.85. The molecular weight excluding hydrogens is 434 g/mol. The molecule has 1 atom stereocenters. The number of ether oxygens (including phenoxy) is 3. The topological polar surface area (TPSA) is 56.8 Å². The van der Waals surface area contributed by atoms with E-state index in [2.05, 4.69) is 42.6 Å². The van der Waals surface area contributed by atoms with Crippen molar-refractivity contribution in [3.05, 3.63) is 59.2 Å². The van der Waals surface area contributed by atoms with E-state index >= 15 is 0 Å². The van der Waals surface area contributed by atoms with Crippen molar-refractivity contribution in [3.63, 3.8) is 0 Å². The van der Waals surface area contributed by atoms with Crippen LogP contribution in [-0.2, 0) is 27.3 Å². The van der Waals surface area contributed by atoms with E-state index in [0.29, 0.717) is 36.6 Å². The first-order chi connectivity index (χ1) is 16.0. The lowest BCUT2D eigenvalue weighted by Gasteiger charge is -2.27. The SMILES string of the molecule is C#CCOC(S)(C(=O)NCCc1ccc(OCC#CCC)c(OC)c1)c1ccc(CC)cc1. The third-order valence-corrected chi connectivity index (χ3v) is 5.54. The lowest BCUT2D eigenvalue weighted by atomic mass is 10.0. The normalized spacial score (nSPS) is 12.0. The molecule has 33 heavy (non-hydrogen) atoms. The lowest BCUT2D eigenvalue weighted by Crippen LogP contribution is -2.43. The molecule has 0 aliphatic rings. The predicted octanol–water partition coefficient (Wildman–Crippen LogP) is 4.14. The molecule has 0 saturated heterocycles. The van der Waals surface area contributed by atoms with Gasteiger partial charge in [-0.05, 0) is 36.1 Å². The monoisotopic (exact) mass is 465 g/mol. The molecule has 1 unspecified atom stereocenters. The number of terminal acetylenes is 1. The van der Waals surface area contributed by atoms with Gasteiger partial charge in [0, 0.05) is 18.5 Å². The van der Waals surface area contributed by atoms with Crippen LogP contribution in [0.25, 0.3) is 0 Å². The smallest absolute Gasteiger partial charge is 0.267 e. The molecule has 0 aliphatic carbocycles. The maximum Gasteiger partial charge on any atom is 0.267 e. The Morgan fingerprint density at radius 3 is 2.42 bits per heavy atom. The molecule has 0 spiro atoms. The van der Waals surface area contributed by atoms with Gasteiger partial charge in [0.25, 0.3) is 5.91 Å². The summed E-state index contributed by atoms with van der Waals surface area (Å²) >= 11 is 4.58. The van der Waals surface area contributed by atoms with E-state index in [0.717, 1.165) is 24.0 Å². The van der Waals surface area contributed by atoms with Crippen molar-refractivity contribution in [3.8, 4) is 35.7 Å². The van der Waals surface area contributed by atoms with Crippen LogP contribution in [0.5, 0.6) is 11.5 Å². The summed E-state index contributed by atoms with van der Waals surface area (Å²) in [6.07, 6.45) is 7.63. The average molecular weight is 466 g/mol. The zero-order valence-corrected chi connectivity index (χ0v) is 20.3. The van der Waals surface area contributed by atoms with Crippen molar-refractivity contribution in [2.45, 2.75) is 38.0 Å². The quantitative estimate of drug-likeness (QED) is 0.298. The van der Waals surface area contributed by atoms with Gasteiger partial charge >= 0.3 is 0 Å². The zero-order chi connectivity index (χ0) is 24.1. The molecule has 2 aromatic rings. The number of rotatable bonds is 11. The first kappa shape index (κ1) is 26.2. The number of thiol groups is 1. The summed E-state index contributed by atoms with van der Waals surface area (Å²) in [5.74, 6) is 9.19. The third kappa shape index (κ3) is 7.49. The standard InChI is InChI=1S/C27H31NO4S/c1-5-8-9-19-31-24-15-12-22(20-25(24)30-4)16-17-28-26(29)27(33,32-18-6-2)23-13-10-21(7-3)11-14-23/h2,10-15,20,33H,5,7,16-19H2,1,3-4H3,(H,28,29). The second kappa shape index (κ2) is 13.5. The first-order valence-corrected chi connectivity index (χ1v) is 11.4. The van der Waals surface area contributed by atoms with Gasteiger partial charge in [0.15, 0.2) is 11.5 Å². The van der Waals surface area contributed by atoms with Gasteiger partial charge in [-0.15, -0.1) is 25.0 Å². The number of carbonyl (C=O) groups is 1. The minimum Gasteiger partial charge on any atom is -0.493 e. The van der Waals surface area contributed by atoms with Gasteiger partial charge in [-0.3, -0.25) is 4.79 Å². The minimum atomic E-state index is -1.48. The minimum absolute atomic E-state index is 0.0340. The van der Waals surface area contributed by atoms with Crippen LogP contribution in [-0.4, -0.2) is 32.8 Å². The number of carbonyl (C=O) groups excluding carboxylic acids is 1. The number of hydrogen-bond donors (Lipinski definition) is 2. The van der Waals surface area contributed by atoms with Crippen LogP contribution in [0, 0.1) is 24.2 Å². The fourth-order valence-electron chi connectivity index (χ4n) is 3.11. The highest BCUT2D eigenvalue weighted by molar-refractivity contribution is 7.82. The van der Waals surface area contributed by atoms with Crippen molar-refractivity contribution in [2.75, 3.05) is 26.9 Å². The molecule has 174 valence electrons. The maximum absolute atomic E-state index is 13.0. The van der Waals surface area contributed by atoms with E-state index in [1.807, 2.05) is 49.4 Å². The molecule has 1 amide bonds. The van der Waals surface area contributed by atoms with Crippen LogP contribution in [0.15, 0.2) is 42.5 Å². The molecule has 5 nitrogen and oxygen atoms in total. The van der Waals surface area contributed by atoms with E-state index < -0.39 is 4.93 Å². The van der Waals surface area contributed by atoms with E-state index in [1.54, 1.807) is 7.11 Å². The summed E-state index contributed by atoms with van der Waals surface area (Å²) in [6.45, 7) is 4.72. The van der Waals surface area contributed by atoms with Gasteiger partial charge in [0.1, 0.15) is 13.2 Å². The molecule has 2 aromatic carbocycles. The van der Waals surface area contributed by atoms with Gasteiger partial charge in [0.05, 0.1) is 7.11 Å². The van der Waals surface area contributed by atoms with Crippen LogP contribution >= 0.6 is 12.6 Å². The highest BCUT2D eigenvalue weighted by Crippen LogP contribution is 2.31. The van der Waals surface area contributed by atoms with Crippen LogP contribution in [0.4, 0.5) is 0 Å². The van der Waals surface area contributed by atoms with Crippen molar-refractivity contribution < 1.29 is 19.0 Å². The Kier molecular flexibility index (Phi) is 10.7. The number of aryl methyl sites for hydroxylation is 1. The van der Waals surface area contributed by atoms with Crippen molar-refractivity contribution in [2.24, 2.45) is 0 Å². The van der Waals surface area contributed by atoms with Crippen LogP contribution in [0.1, 0.15) is 37.0 Å². The molecule has 0 aromatic heterocycles. The van der Waals surface area contributed by atoms with E-state index in [-0.39, 0.29) is 12.5 Å². The van der Waals surface area contributed by atoms with Crippen LogP contribution in [0.3, 0.4) is 0 Å². The Morgan fingerprint density at radius 1 is 1.06 bits per heavy atom. The largest absolute Gasteiger partial charge is 0.493 e. The lowest BCUT2D eigenvalue weighted by molar-refractivity contribution is -0.135. The van der Waals surface area contributed by atoms with Gasteiger partial charge < -0.3 is 19.5 Å². The summed E-state index contributed by atoms with van der Waals surface area (Å²) in [4.78, 5) is 11.5. The number of hydrogen-bond acceptors (Lipinski definition) is 5. The van der Waals surface area contributed by atoms with Crippen LogP contribution in [0.2, 0.25) is 0 Å². The number of benzene rings is 2. The molecular formula is C27H31NO4S. The highest BCUT2D eigenvalue weighted by atomic mass is 32.1. The van der Waals surface area contributed by atoms with E-state index in [4.69, 9.17) is 20.6 Å². The molecule has 2 rings (SSSR count). The summed E-state index contributed by atoms with van der Waals surface area (Å²) in [5, 5.41) is 2.91. The fraction of sp³-hybridized carbons (Fsp3) is 0.370. The Morgan fingerprint density at radius 2 is 1.79 bits per heavy atom. The Balaban J connectivity index is 2.04. The molecule has 0 fully saturated rings. The number of nitrogens with one attached hydrogen (secondary N) is 1.